The summed E-state index contributed by atoms with van der Waals surface area (Å²) in [6.45, 7) is 4.27. The number of oxime groups is 1. The third-order valence-electron chi connectivity index (χ3n) is 9.56. The molecule has 8 heteroatoms. The molecule has 1 amide bonds. The number of aliphatic carboxylic acids is 1. The molecule has 0 aromatic carbocycles. The van der Waals surface area contributed by atoms with Gasteiger partial charge in [-0.2, -0.15) is 12.6 Å². The molecule has 0 aromatic rings. The average molecular weight is 489 g/mol. The normalized spacial score (nSPS) is 40.7. The Morgan fingerprint density at radius 1 is 1.26 bits per heavy atom. The van der Waals surface area contributed by atoms with Crippen LogP contribution < -0.4 is 5.32 Å². The van der Waals surface area contributed by atoms with Crippen molar-refractivity contribution >= 4 is 30.2 Å². The first-order chi connectivity index (χ1) is 16.1. The van der Waals surface area contributed by atoms with Crippen molar-refractivity contribution in [2.75, 3.05) is 12.4 Å². The molecule has 0 aliphatic heterocycles. The smallest absolute Gasteiger partial charge is 0.327 e. The number of rotatable bonds is 6. The molecule has 3 N–H and O–H groups in total. The standard InChI is InChI=1S/C26H36N2O5S/c1-4-26(32)12-9-20-18-6-5-16-13-17(28-33-14-22(29)27-21(15-34)23(30)31)7-10-24(16,2)19(18)8-11-25(20,26)3/h1,13,18-21,32,34H,5-12,14-15H2,2-3H3,(H,27,29)(H,30,31)/t18-,19+,20-,21-,24+,25+,26-/m1/s1. The fourth-order valence-electron chi connectivity index (χ4n) is 7.49. The molecule has 4 aliphatic rings. The van der Waals surface area contributed by atoms with Gasteiger partial charge in [0.15, 0.2) is 6.61 Å². The first-order valence-corrected chi connectivity index (χ1v) is 12.9. The lowest BCUT2D eigenvalue weighted by Crippen LogP contribution is -2.54. The molecule has 7 nitrogen and oxygen atoms in total. The van der Waals surface area contributed by atoms with Crippen LogP contribution in [0.25, 0.3) is 0 Å². The predicted molar refractivity (Wildman–Crippen MR) is 132 cm³/mol. The number of aliphatic hydroxyl groups is 1. The Balaban J connectivity index is 1.42. The number of nitrogens with zero attached hydrogens (tertiary/aromatic N) is 1. The second-order valence-electron chi connectivity index (χ2n) is 11.0. The summed E-state index contributed by atoms with van der Waals surface area (Å²) in [7, 11) is 0. The summed E-state index contributed by atoms with van der Waals surface area (Å²) in [5.41, 5.74) is 1.17. The molecular weight excluding hydrogens is 452 g/mol. The number of carbonyl (C=O) groups excluding carboxylic acids is 1. The van der Waals surface area contributed by atoms with Crippen LogP contribution in [0.4, 0.5) is 0 Å². The van der Waals surface area contributed by atoms with E-state index in [1.54, 1.807) is 0 Å². The SMILES string of the molecule is C#C[C@@]1(O)CC[C@@H]2[C@@H]3CCC4=CC(=NOCC(=O)N[C@H](CS)C(=O)O)CC[C@]4(C)[C@H]3CC[C@@]21C. The van der Waals surface area contributed by atoms with Crippen molar-refractivity contribution in [3.8, 4) is 12.3 Å². The van der Waals surface area contributed by atoms with Crippen LogP contribution in [0.2, 0.25) is 0 Å². The molecule has 34 heavy (non-hydrogen) atoms. The highest BCUT2D eigenvalue weighted by Gasteiger charge is 2.63. The Morgan fingerprint density at radius 2 is 2.00 bits per heavy atom. The molecule has 0 radical (unpaired) electrons. The molecule has 0 heterocycles. The highest BCUT2D eigenvalue weighted by molar-refractivity contribution is 7.80. The van der Waals surface area contributed by atoms with Crippen LogP contribution in [-0.2, 0) is 14.4 Å². The van der Waals surface area contributed by atoms with E-state index in [0.717, 1.165) is 50.7 Å². The van der Waals surface area contributed by atoms with E-state index in [2.05, 4.69) is 48.9 Å². The van der Waals surface area contributed by atoms with E-state index in [-0.39, 0.29) is 23.2 Å². The van der Waals surface area contributed by atoms with E-state index in [1.807, 2.05) is 0 Å². The largest absolute Gasteiger partial charge is 0.480 e. The summed E-state index contributed by atoms with van der Waals surface area (Å²) in [4.78, 5) is 28.2. The van der Waals surface area contributed by atoms with Gasteiger partial charge in [0.05, 0.1) is 5.71 Å². The van der Waals surface area contributed by atoms with Gasteiger partial charge in [0.2, 0.25) is 0 Å². The molecule has 3 saturated carbocycles. The zero-order valence-electron chi connectivity index (χ0n) is 20.0. The molecule has 186 valence electrons. The summed E-state index contributed by atoms with van der Waals surface area (Å²) in [6.07, 6.45) is 15.5. The van der Waals surface area contributed by atoms with Crippen LogP contribution in [0.15, 0.2) is 16.8 Å². The van der Waals surface area contributed by atoms with Gasteiger partial charge in [0, 0.05) is 11.2 Å². The second kappa shape index (κ2) is 9.23. The van der Waals surface area contributed by atoms with Crippen LogP contribution in [-0.4, -0.2) is 51.8 Å². The van der Waals surface area contributed by atoms with E-state index in [1.165, 1.54) is 5.57 Å². The zero-order valence-corrected chi connectivity index (χ0v) is 20.9. The van der Waals surface area contributed by atoms with E-state index in [0.29, 0.717) is 24.2 Å². The number of carboxylic acid groups (broad SMARTS) is 1. The molecule has 4 rings (SSSR count). The second-order valence-corrected chi connectivity index (χ2v) is 11.4. The highest BCUT2D eigenvalue weighted by atomic mass is 32.1. The third kappa shape index (κ3) is 4.05. The lowest BCUT2D eigenvalue weighted by atomic mass is 9.46. The molecular formula is C26H36N2O5S. The van der Waals surface area contributed by atoms with Crippen molar-refractivity contribution < 1.29 is 24.6 Å². The minimum atomic E-state index is -1.13. The number of nitrogens with one attached hydrogen (secondary N) is 1. The monoisotopic (exact) mass is 488 g/mol. The van der Waals surface area contributed by atoms with E-state index in [4.69, 9.17) is 16.4 Å². The maximum Gasteiger partial charge on any atom is 0.327 e. The number of carbonyl (C=O) groups is 2. The number of thiol groups is 1. The van der Waals surface area contributed by atoms with Gasteiger partial charge in [-0.1, -0.05) is 30.5 Å². The molecule has 0 aromatic heterocycles. The zero-order chi connectivity index (χ0) is 24.7. The van der Waals surface area contributed by atoms with Gasteiger partial charge in [-0.3, -0.25) is 4.79 Å². The van der Waals surface area contributed by atoms with Gasteiger partial charge < -0.3 is 20.4 Å². The van der Waals surface area contributed by atoms with Crippen molar-refractivity contribution in [2.24, 2.45) is 33.7 Å². The van der Waals surface area contributed by atoms with Crippen LogP contribution >= 0.6 is 12.6 Å². The summed E-state index contributed by atoms with van der Waals surface area (Å²) >= 11 is 3.93. The van der Waals surface area contributed by atoms with Crippen molar-refractivity contribution in [3.63, 3.8) is 0 Å². The first kappa shape index (κ1) is 25.1. The first-order valence-electron chi connectivity index (χ1n) is 12.3. The number of hydrogen-bond donors (Lipinski definition) is 4. The van der Waals surface area contributed by atoms with Gasteiger partial charge in [-0.15, -0.1) is 6.42 Å². The summed E-state index contributed by atoms with van der Waals surface area (Å²) < 4.78 is 0. The van der Waals surface area contributed by atoms with E-state index in [9.17, 15) is 14.7 Å². The van der Waals surface area contributed by atoms with Crippen molar-refractivity contribution in [1.82, 2.24) is 5.32 Å². The van der Waals surface area contributed by atoms with Crippen molar-refractivity contribution in [2.45, 2.75) is 76.9 Å². The predicted octanol–water partition coefficient (Wildman–Crippen LogP) is 3.19. The maximum absolute atomic E-state index is 11.9. The lowest BCUT2D eigenvalue weighted by molar-refractivity contribution is -0.141. The van der Waals surface area contributed by atoms with Crippen molar-refractivity contribution in [1.29, 1.82) is 0 Å². The summed E-state index contributed by atoms with van der Waals surface area (Å²) in [6, 6.07) is -1.05. The van der Waals surface area contributed by atoms with E-state index >= 15 is 0 Å². The minimum absolute atomic E-state index is 0.00443. The Hall–Kier alpha value is -1.98. The van der Waals surface area contributed by atoms with Crippen LogP contribution in [0.5, 0.6) is 0 Å². The topological polar surface area (TPSA) is 108 Å². The fraction of sp³-hybridized carbons (Fsp3) is 0.731. The Kier molecular flexibility index (Phi) is 6.82. The highest BCUT2D eigenvalue weighted by Crippen LogP contribution is 2.67. The van der Waals surface area contributed by atoms with Gasteiger partial charge in [0.25, 0.3) is 5.91 Å². The van der Waals surface area contributed by atoms with Gasteiger partial charge in [0.1, 0.15) is 11.6 Å². The van der Waals surface area contributed by atoms with E-state index < -0.39 is 23.5 Å². The van der Waals surface area contributed by atoms with Crippen LogP contribution in [0.1, 0.15) is 65.2 Å². The Bertz CT molecular complexity index is 957. The van der Waals surface area contributed by atoms with Crippen LogP contribution in [0.3, 0.4) is 0 Å². The number of carboxylic acids is 1. The number of fused-ring (bicyclic) bond motifs is 5. The Labute approximate surface area is 207 Å². The number of hydrogen-bond acceptors (Lipinski definition) is 6. The van der Waals surface area contributed by atoms with Gasteiger partial charge in [-0.25, -0.2) is 4.79 Å². The molecule has 4 aliphatic carbocycles. The van der Waals surface area contributed by atoms with Gasteiger partial charge >= 0.3 is 5.97 Å². The lowest BCUT2D eigenvalue weighted by Gasteiger charge is -2.58. The molecule has 0 bridgehead atoms. The number of allylic oxidation sites excluding steroid dienone is 2. The van der Waals surface area contributed by atoms with Crippen LogP contribution in [0, 0.1) is 40.9 Å². The average Bonchev–Trinajstić information content (AvgIpc) is 3.08. The number of terminal acetylenes is 1. The fourth-order valence-corrected chi connectivity index (χ4v) is 7.74. The molecule has 3 fully saturated rings. The Morgan fingerprint density at radius 3 is 2.68 bits per heavy atom. The minimum Gasteiger partial charge on any atom is -0.480 e. The maximum atomic E-state index is 11.9. The number of amides is 1. The summed E-state index contributed by atoms with van der Waals surface area (Å²) in [5.74, 6) is 2.71. The molecule has 0 unspecified atom stereocenters. The molecule has 0 saturated heterocycles. The van der Waals surface area contributed by atoms with Gasteiger partial charge in [-0.05, 0) is 80.6 Å². The van der Waals surface area contributed by atoms with Crippen molar-refractivity contribution in [3.05, 3.63) is 11.6 Å². The quantitative estimate of drug-likeness (QED) is 0.261. The molecule has 7 atom stereocenters. The molecule has 0 spiro atoms. The third-order valence-corrected chi connectivity index (χ3v) is 9.93. The summed E-state index contributed by atoms with van der Waals surface area (Å²) in [5, 5.41) is 26.7.